The molecular weight excluding hydrogens is 500 g/mol. The highest BCUT2D eigenvalue weighted by molar-refractivity contribution is 5.88. The Labute approximate surface area is 232 Å². The number of esters is 1. The van der Waals surface area contributed by atoms with Gasteiger partial charge in [0.25, 0.3) is 0 Å². The number of phenolic OH excluding ortho intramolecular Hbond substituents is 3. The van der Waals surface area contributed by atoms with Crippen molar-refractivity contribution in [3.05, 3.63) is 161 Å². The van der Waals surface area contributed by atoms with Crippen molar-refractivity contribution in [3.8, 4) is 23.0 Å². The third-order valence-corrected chi connectivity index (χ3v) is 6.76. The summed E-state index contributed by atoms with van der Waals surface area (Å²) >= 11 is 0. The smallest absolute Gasteiger partial charge is 0.336 e. The summed E-state index contributed by atoms with van der Waals surface area (Å²) in [6, 6.07) is 38.1. The second kappa shape index (κ2) is 12.0. The molecule has 0 saturated carbocycles. The largest absolute Gasteiger partial charge is 0.508 e. The molecule has 198 valence electrons. The Morgan fingerprint density at radius 1 is 0.525 bits per heavy atom. The standard InChI is InChI=1S/C35H28O5/c36-29-15-7-25(8-16-29)34(26-9-17-30(37)18-10-26)35(27-11-19-31(38)20-12-27)28-13-21-32(22-14-28)40-33(39)23-6-24-4-2-1-3-5-24/h1-23,34-38H. The molecule has 5 nitrogen and oxygen atoms in total. The molecule has 0 aliphatic heterocycles. The summed E-state index contributed by atoms with van der Waals surface area (Å²) in [6.45, 7) is 0. The number of benzene rings is 5. The summed E-state index contributed by atoms with van der Waals surface area (Å²) in [7, 11) is 0. The highest BCUT2D eigenvalue weighted by Gasteiger charge is 2.28. The van der Waals surface area contributed by atoms with Gasteiger partial charge < -0.3 is 20.1 Å². The average molecular weight is 529 g/mol. The van der Waals surface area contributed by atoms with Crippen molar-refractivity contribution in [1.29, 1.82) is 0 Å². The van der Waals surface area contributed by atoms with Crippen LogP contribution in [0.3, 0.4) is 0 Å². The van der Waals surface area contributed by atoms with Crippen LogP contribution in [-0.2, 0) is 4.79 Å². The molecule has 1 unspecified atom stereocenters. The fraction of sp³-hybridized carbons (Fsp3) is 0.0571. The van der Waals surface area contributed by atoms with E-state index in [0.717, 1.165) is 27.8 Å². The zero-order valence-electron chi connectivity index (χ0n) is 21.6. The normalized spacial score (nSPS) is 11.9. The minimum atomic E-state index is -0.474. The molecule has 0 fully saturated rings. The van der Waals surface area contributed by atoms with Gasteiger partial charge >= 0.3 is 5.97 Å². The molecule has 0 spiro atoms. The van der Waals surface area contributed by atoms with E-state index in [4.69, 9.17) is 4.74 Å². The topological polar surface area (TPSA) is 87.0 Å². The van der Waals surface area contributed by atoms with Crippen molar-refractivity contribution in [3.63, 3.8) is 0 Å². The minimum absolute atomic E-state index is 0.166. The van der Waals surface area contributed by atoms with Crippen LogP contribution in [0.2, 0.25) is 0 Å². The molecule has 0 aromatic heterocycles. The number of hydrogen-bond acceptors (Lipinski definition) is 5. The lowest BCUT2D eigenvalue weighted by Crippen LogP contribution is -2.15. The number of rotatable bonds is 8. The number of carbonyl (C=O) groups is 1. The second-order valence-corrected chi connectivity index (χ2v) is 9.46. The Bertz CT molecular complexity index is 1530. The van der Waals surface area contributed by atoms with E-state index in [1.165, 1.54) is 6.08 Å². The Hall–Kier alpha value is -5.29. The van der Waals surface area contributed by atoms with Gasteiger partial charge in [-0.3, -0.25) is 0 Å². The van der Waals surface area contributed by atoms with Crippen LogP contribution in [0.1, 0.15) is 39.7 Å². The van der Waals surface area contributed by atoms with E-state index >= 15 is 0 Å². The van der Waals surface area contributed by atoms with Gasteiger partial charge in [-0.2, -0.15) is 0 Å². The van der Waals surface area contributed by atoms with Gasteiger partial charge in [0.05, 0.1) is 0 Å². The minimum Gasteiger partial charge on any atom is -0.508 e. The van der Waals surface area contributed by atoms with Crippen LogP contribution in [-0.4, -0.2) is 21.3 Å². The second-order valence-electron chi connectivity index (χ2n) is 9.46. The SMILES string of the molecule is O=C(C=Cc1ccccc1)Oc1ccc(C(c2ccc(O)cc2)C(c2ccc(O)cc2)c2ccc(O)cc2)cc1. The summed E-state index contributed by atoms with van der Waals surface area (Å²) < 4.78 is 5.53. The maximum atomic E-state index is 12.4. The van der Waals surface area contributed by atoms with Gasteiger partial charge in [0, 0.05) is 17.9 Å². The van der Waals surface area contributed by atoms with Gasteiger partial charge in [0.2, 0.25) is 0 Å². The summed E-state index contributed by atoms with van der Waals surface area (Å²) in [5.41, 5.74) is 4.74. The lowest BCUT2D eigenvalue weighted by Gasteiger charge is -2.29. The van der Waals surface area contributed by atoms with Gasteiger partial charge in [-0.1, -0.05) is 78.9 Å². The molecule has 0 radical (unpaired) electrons. The van der Waals surface area contributed by atoms with E-state index in [2.05, 4.69) is 0 Å². The first-order valence-corrected chi connectivity index (χ1v) is 12.9. The van der Waals surface area contributed by atoms with Gasteiger partial charge in [0.15, 0.2) is 0 Å². The number of aromatic hydroxyl groups is 3. The molecule has 5 heteroatoms. The van der Waals surface area contributed by atoms with E-state index in [0.29, 0.717) is 5.75 Å². The van der Waals surface area contributed by atoms with E-state index in [1.54, 1.807) is 54.6 Å². The summed E-state index contributed by atoms with van der Waals surface area (Å²) in [4.78, 5) is 12.4. The van der Waals surface area contributed by atoms with Gasteiger partial charge in [-0.25, -0.2) is 4.79 Å². The molecule has 40 heavy (non-hydrogen) atoms. The molecule has 1 atom stereocenters. The van der Waals surface area contributed by atoms with Crippen LogP contribution in [0.15, 0.2) is 133 Å². The molecule has 5 rings (SSSR count). The number of carbonyl (C=O) groups excluding carboxylic acids is 1. The van der Waals surface area contributed by atoms with Crippen LogP contribution in [0.25, 0.3) is 6.08 Å². The third-order valence-electron chi connectivity index (χ3n) is 6.76. The van der Waals surface area contributed by atoms with E-state index < -0.39 is 5.97 Å². The van der Waals surface area contributed by atoms with Gasteiger partial charge in [-0.05, 0) is 82.4 Å². The molecule has 3 N–H and O–H groups in total. The van der Waals surface area contributed by atoms with E-state index in [-0.39, 0.29) is 29.1 Å². The Morgan fingerprint density at radius 3 is 1.30 bits per heavy atom. The predicted octanol–water partition coefficient (Wildman–Crippen LogP) is 7.39. The van der Waals surface area contributed by atoms with Crippen LogP contribution in [0, 0.1) is 0 Å². The van der Waals surface area contributed by atoms with E-state index in [1.807, 2.05) is 78.9 Å². The first-order chi connectivity index (χ1) is 19.5. The number of hydrogen-bond donors (Lipinski definition) is 3. The fourth-order valence-corrected chi connectivity index (χ4v) is 4.82. The third kappa shape index (κ3) is 6.40. The van der Waals surface area contributed by atoms with Crippen molar-refractivity contribution < 1.29 is 24.9 Å². The zero-order chi connectivity index (χ0) is 27.9. The lowest BCUT2D eigenvalue weighted by atomic mass is 9.73. The van der Waals surface area contributed by atoms with Gasteiger partial charge in [-0.15, -0.1) is 0 Å². The van der Waals surface area contributed by atoms with Crippen molar-refractivity contribution in [1.82, 2.24) is 0 Å². The molecule has 5 aromatic carbocycles. The summed E-state index contributed by atoms with van der Waals surface area (Å²) in [6.07, 6.45) is 3.10. The van der Waals surface area contributed by atoms with Crippen molar-refractivity contribution in [2.45, 2.75) is 11.8 Å². The fourth-order valence-electron chi connectivity index (χ4n) is 4.82. The molecule has 0 aliphatic rings. The van der Waals surface area contributed by atoms with Crippen LogP contribution in [0.5, 0.6) is 23.0 Å². The summed E-state index contributed by atoms with van der Waals surface area (Å²) in [5, 5.41) is 29.9. The lowest BCUT2D eigenvalue weighted by molar-refractivity contribution is -0.128. The van der Waals surface area contributed by atoms with Gasteiger partial charge in [0.1, 0.15) is 23.0 Å². The number of ether oxygens (including phenoxy) is 1. The molecule has 0 bridgehead atoms. The molecule has 0 amide bonds. The highest BCUT2D eigenvalue weighted by atomic mass is 16.5. The average Bonchev–Trinajstić information content (AvgIpc) is 2.98. The van der Waals surface area contributed by atoms with Crippen LogP contribution < -0.4 is 4.74 Å². The Kier molecular flexibility index (Phi) is 7.93. The van der Waals surface area contributed by atoms with Crippen molar-refractivity contribution in [2.24, 2.45) is 0 Å². The first-order valence-electron chi connectivity index (χ1n) is 12.9. The summed E-state index contributed by atoms with van der Waals surface area (Å²) in [5.74, 6) is 0.0349. The molecule has 0 aliphatic carbocycles. The Balaban J connectivity index is 1.50. The molecular formula is C35H28O5. The monoisotopic (exact) mass is 528 g/mol. The predicted molar refractivity (Wildman–Crippen MR) is 156 cm³/mol. The molecule has 0 saturated heterocycles. The van der Waals surface area contributed by atoms with E-state index in [9.17, 15) is 20.1 Å². The molecule has 5 aromatic rings. The van der Waals surface area contributed by atoms with Crippen LogP contribution in [0.4, 0.5) is 0 Å². The maximum Gasteiger partial charge on any atom is 0.336 e. The first kappa shape index (κ1) is 26.3. The quantitative estimate of drug-likeness (QED) is 0.111. The molecule has 0 heterocycles. The van der Waals surface area contributed by atoms with Crippen LogP contribution >= 0.6 is 0 Å². The highest BCUT2D eigenvalue weighted by Crippen LogP contribution is 2.44. The number of phenols is 3. The van der Waals surface area contributed by atoms with Crippen molar-refractivity contribution >= 4 is 12.0 Å². The maximum absolute atomic E-state index is 12.4. The Morgan fingerprint density at radius 2 is 0.900 bits per heavy atom. The zero-order valence-corrected chi connectivity index (χ0v) is 21.6. The van der Waals surface area contributed by atoms with Crippen molar-refractivity contribution in [2.75, 3.05) is 0 Å².